The summed E-state index contributed by atoms with van der Waals surface area (Å²) in [4.78, 5) is 27.1. The summed E-state index contributed by atoms with van der Waals surface area (Å²) in [7, 11) is -14.0. The van der Waals surface area contributed by atoms with Gasteiger partial charge >= 0.3 is 23.0 Å². The van der Waals surface area contributed by atoms with Crippen LogP contribution in [0.2, 0.25) is 0 Å². The summed E-state index contributed by atoms with van der Waals surface area (Å²) < 4.78 is 41.3. The molecule has 0 aliphatic heterocycles. The van der Waals surface area contributed by atoms with Gasteiger partial charge in [0.1, 0.15) is 0 Å². The zero-order chi connectivity index (χ0) is 13.7. The molecule has 11 heteroatoms. The van der Waals surface area contributed by atoms with Gasteiger partial charge in [0.2, 0.25) is 0 Å². The number of hydrogen-bond acceptors (Lipinski definition) is 5. The molecule has 17 heavy (non-hydrogen) atoms. The van der Waals surface area contributed by atoms with Crippen LogP contribution in [-0.2, 0) is 22.3 Å². The molecule has 3 N–H and O–H groups in total. The standard InChI is InChI=1S/C6H13O8P3/c1-3-5-15(7,8)13-17(11,12)14-16(9,10)6-4-2/h3-4H,1-2,5-6H2,(H,7,8)(H,9,10)(H,11,12). The number of allylic oxidation sites excluding steroid dienone is 2. The van der Waals surface area contributed by atoms with E-state index in [2.05, 4.69) is 21.8 Å². The van der Waals surface area contributed by atoms with E-state index in [0.717, 1.165) is 12.2 Å². The zero-order valence-corrected chi connectivity index (χ0v) is 11.4. The fourth-order valence-corrected chi connectivity index (χ4v) is 4.88. The van der Waals surface area contributed by atoms with E-state index in [0.29, 0.717) is 0 Å². The summed E-state index contributed by atoms with van der Waals surface area (Å²) in [6.45, 7) is 6.28. The largest absolute Gasteiger partial charge is 0.486 e. The SMILES string of the molecule is C=CCP(=O)(O)OP(=O)(O)OP(=O)(O)CC=C. The second-order valence-corrected chi connectivity index (χ2v) is 8.37. The van der Waals surface area contributed by atoms with Crippen LogP contribution in [0.15, 0.2) is 25.3 Å². The average Bonchev–Trinajstić information content (AvgIpc) is 1.96. The third-order valence-corrected chi connectivity index (χ3v) is 6.31. The smallest absolute Gasteiger partial charge is 0.324 e. The number of hydrogen-bond donors (Lipinski definition) is 3. The molecular weight excluding hydrogens is 293 g/mol. The second-order valence-electron chi connectivity index (χ2n) is 2.85. The van der Waals surface area contributed by atoms with Crippen LogP contribution >= 0.6 is 23.0 Å². The van der Waals surface area contributed by atoms with E-state index in [-0.39, 0.29) is 0 Å². The lowest BCUT2D eigenvalue weighted by Crippen LogP contribution is -1.96. The van der Waals surface area contributed by atoms with Gasteiger partial charge in [-0.2, -0.15) is 0 Å². The van der Waals surface area contributed by atoms with Gasteiger partial charge < -0.3 is 14.7 Å². The molecule has 2 atom stereocenters. The number of phosphoric acid groups is 1. The minimum Gasteiger partial charge on any atom is -0.324 e. The first-order valence-corrected chi connectivity index (χ1v) is 9.16. The van der Waals surface area contributed by atoms with Crippen molar-refractivity contribution in [2.45, 2.75) is 0 Å². The van der Waals surface area contributed by atoms with E-state index in [4.69, 9.17) is 14.7 Å². The highest BCUT2D eigenvalue weighted by Gasteiger charge is 2.38. The maximum absolute atomic E-state index is 11.2. The number of rotatable bonds is 8. The summed E-state index contributed by atoms with van der Waals surface area (Å²) in [5.41, 5.74) is 0. The van der Waals surface area contributed by atoms with Crippen molar-refractivity contribution < 1.29 is 37.0 Å². The minimum absolute atomic E-state index is 0.599. The molecule has 0 saturated carbocycles. The Morgan fingerprint density at radius 2 is 1.18 bits per heavy atom. The van der Waals surface area contributed by atoms with Crippen molar-refractivity contribution in [2.75, 3.05) is 12.3 Å². The third-order valence-electron chi connectivity index (χ3n) is 1.18. The fraction of sp³-hybridized carbons (Fsp3) is 0.333. The van der Waals surface area contributed by atoms with Crippen LogP contribution < -0.4 is 0 Å². The fourth-order valence-electron chi connectivity index (χ4n) is 0.730. The molecule has 0 radical (unpaired) electrons. The van der Waals surface area contributed by atoms with Crippen molar-refractivity contribution in [1.29, 1.82) is 0 Å². The molecule has 0 fully saturated rings. The molecule has 0 bridgehead atoms. The normalized spacial score (nSPS) is 21.8. The van der Waals surface area contributed by atoms with Crippen LogP contribution in [0.25, 0.3) is 0 Å². The molecule has 0 heterocycles. The van der Waals surface area contributed by atoms with Gasteiger partial charge in [0.05, 0.1) is 12.3 Å². The molecule has 0 rings (SSSR count). The van der Waals surface area contributed by atoms with Crippen molar-refractivity contribution in [3.05, 3.63) is 25.3 Å². The van der Waals surface area contributed by atoms with E-state index in [9.17, 15) is 13.7 Å². The van der Waals surface area contributed by atoms with Crippen molar-refractivity contribution in [3.8, 4) is 0 Å². The van der Waals surface area contributed by atoms with Gasteiger partial charge in [-0.05, 0) is 0 Å². The lowest BCUT2D eigenvalue weighted by Gasteiger charge is -2.17. The van der Waals surface area contributed by atoms with Crippen molar-refractivity contribution in [3.63, 3.8) is 0 Å². The quantitative estimate of drug-likeness (QED) is 0.457. The highest BCUT2D eigenvalue weighted by Crippen LogP contribution is 2.66. The van der Waals surface area contributed by atoms with Gasteiger partial charge in [-0.15, -0.1) is 13.2 Å². The first-order valence-electron chi connectivity index (χ1n) is 4.14. The van der Waals surface area contributed by atoms with Crippen LogP contribution in [0.5, 0.6) is 0 Å². The van der Waals surface area contributed by atoms with Gasteiger partial charge in [-0.25, -0.2) is 13.2 Å². The Balaban J connectivity index is 4.76. The Morgan fingerprint density at radius 1 is 0.882 bits per heavy atom. The molecule has 0 aliphatic carbocycles. The first-order chi connectivity index (χ1) is 7.54. The maximum atomic E-state index is 11.2. The van der Waals surface area contributed by atoms with Crippen LogP contribution in [0.1, 0.15) is 0 Å². The minimum atomic E-state index is -5.12. The summed E-state index contributed by atoms with van der Waals surface area (Å²) in [5, 5.41) is 0. The molecule has 8 nitrogen and oxygen atoms in total. The predicted octanol–water partition coefficient (Wildman–Crippen LogP) is 1.86. The average molecular weight is 306 g/mol. The Kier molecular flexibility index (Phi) is 6.22. The summed E-state index contributed by atoms with van der Waals surface area (Å²) in [6, 6.07) is 0. The molecule has 2 unspecified atom stereocenters. The molecule has 0 saturated heterocycles. The second kappa shape index (κ2) is 6.23. The van der Waals surface area contributed by atoms with Crippen molar-refractivity contribution in [2.24, 2.45) is 0 Å². The van der Waals surface area contributed by atoms with Gasteiger partial charge in [0, 0.05) is 0 Å². The maximum Gasteiger partial charge on any atom is 0.486 e. The van der Waals surface area contributed by atoms with Crippen molar-refractivity contribution in [1.82, 2.24) is 0 Å². The molecule has 0 aromatic heterocycles. The van der Waals surface area contributed by atoms with Gasteiger partial charge in [0.15, 0.2) is 0 Å². The van der Waals surface area contributed by atoms with E-state index >= 15 is 0 Å². The highest BCUT2D eigenvalue weighted by atomic mass is 31.3. The molecule has 0 aliphatic rings. The van der Waals surface area contributed by atoms with Crippen molar-refractivity contribution >= 4 is 23.0 Å². The monoisotopic (exact) mass is 306 g/mol. The lowest BCUT2D eigenvalue weighted by molar-refractivity contribution is 0.257. The summed E-state index contributed by atoms with van der Waals surface area (Å²) in [5.74, 6) is 0. The molecule has 0 spiro atoms. The van der Waals surface area contributed by atoms with Crippen LogP contribution in [0.3, 0.4) is 0 Å². The summed E-state index contributed by atoms with van der Waals surface area (Å²) in [6.07, 6.45) is 0.780. The van der Waals surface area contributed by atoms with E-state index in [1.807, 2.05) is 0 Å². The van der Waals surface area contributed by atoms with E-state index in [1.54, 1.807) is 0 Å². The topological polar surface area (TPSA) is 130 Å². The Bertz CT molecular complexity index is 393. The Labute approximate surface area is 98.3 Å². The van der Waals surface area contributed by atoms with Gasteiger partial charge in [-0.1, -0.05) is 12.2 Å². The predicted molar refractivity (Wildman–Crippen MR) is 61.8 cm³/mol. The van der Waals surface area contributed by atoms with Gasteiger partial charge in [-0.3, -0.25) is 9.13 Å². The van der Waals surface area contributed by atoms with E-state index < -0.39 is 35.3 Å². The molecule has 0 amide bonds. The molecular formula is C6H13O8P3. The molecule has 100 valence electrons. The highest BCUT2D eigenvalue weighted by molar-refractivity contribution is 7.69. The Morgan fingerprint density at radius 3 is 1.41 bits per heavy atom. The molecule has 0 aromatic carbocycles. The zero-order valence-electron chi connectivity index (χ0n) is 8.71. The Hall–Kier alpha value is -0.0300. The van der Waals surface area contributed by atoms with Crippen LogP contribution in [-0.4, -0.2) is 27.0 Å². The lowest BCUT2D eigenvalue weighted by atomic mass is 10.8. The van der Waals surface area contributed by atoms with E-state index in [1.165, 1.54) is 0 Å². The van der Waals surface area contributed by atoms with Crippen LogP contribution in [0, 0.1) is 0 Å². The summed E-state index contributed by atoms with van der Waals surface area (Å²) >= 11 is 0. The van der Waals surface area contributed by atoms with Gasteiger partial charge in [0.25, 0.3) is 0 Å². The molecule has 0 aromatic rings. The third kappa shape index (κ3) is 7.82. The first kappa shape index (κ1) is 17.0. The van der Waals surface area contributed by atoms with Crippen LogP contribution in [0.4, 0.5) is 0 Å².